The first-order valence-corrected chi connectivity index (χ1v) is 10.0. The second-order valence-corrected chi connectivity index (χ2v) is 8.00. The molecule has 2 aliphatic rings. The van der Waals surface area contributed by atoms with Crippen LogP contribution in [0.2, 0.25) is 0 Å². The summed E-state index contributed by atoms with van der Waals surface area (Å²) in [5, 5.41) is 4.55. The number of carbonyl (C=O) groups is 1. The van der Waals surface area contributed by atoms with E-state index in [0.717, 1.165) is 55.8 Å². The number of aryl methyl sites for hydroxylation is 1. The van der Waals surface area contributed by atoms with Crippen molar-refractivity contribution in [1.82, 2.24) is 15.2 Å². The lowest BCUT2D eigenvalue weighted by Crippen LogP contribution is -2.50. The molecule has 0 radical (unpaired) electrons. The molecule has 1 atom stereocenters. The lowest BCUT2D eigenvalue weighted by Gasteiger charge is -2.35. The zero-order valence-electron chi connectivity index (χ0n) is 13.1. The molecule has 1 amide bonds. The van der Waals surface area contributed by atoms with Crippen LogP contribution >= 0.6 is 23.1 Å². The molecule has 5 nitrogen and oxygen atoms in total. The highest BCUT2D eigenvalue weighted by Gasteiger charge is 2.25. The highest BCUT2D eigenvalue weighted by molar-refractivity contribution is 7.99. The van der Waals surface area contributed by atoms with Crippen molar-refractivity contribution in [3.8, 4) is 0 Å². The van der Waals surface area contributed by atoms with Gasteiger partial charge in [0.15, 0.2) is 5.13 Å². The number of hydrogen-bond acceptors (Lipinski definition) is 6. The van der Waals surface area contributed by atoms with Gasteiger partial charge in [-0.1, -0.05) is 6.92 Å². The summed E-state index contributed by atoms with van der Waals surface area (Å²) < 4.78 is 0. The fourth-order valence-corrected chi connectivity index (χ4v) is 4.70. The summed E-state index contributed by atoms with van der Waals surface area (Å²) in [6.45, 7) is 6.62. The van der Waals surface area contributed by atoms with Crippen LogP contribution in [0.3, 0.4) is 0 Å². The van der Waals surface area contributed by atoms with Gasteiger partial charge in [-0.3, -0.25) is 4.79 Å². The van der Waals surface area contributed by atoms with E-state index in [0.29, 0.717) is 18.4 Å². The first-order chi connectivity index (χ1) is 10.8. The van der Waals surface area contributed by atoms with Gasteiger partial charge in [0.25, 0.3) is 0 Å². The van der Waals surface area contributed by atoms with Gasteiger partial charge in [-0.05, 0) is 6.42 Å². The Morgan fingerprint density at radius 1 is 1.41 bits per heavy atom. The third-order valence-electron chi connectivity index (χ3n) is 4.21. The maximum atomic E-state index is 12.4. The molecule has 0 aliphatic carbocycles. The van der Waals surface area contributed by atoms with Crippen LogP contribution in [-0.2, 0) is 11.2 Å². The molecule has 1 N–H and O–H groups in total. The van der Waals surface area contributed by atoms with Gasteiger partial charge in [-0.2, -0.15) is 11.8 Å². The smallest absolute Gasteiger partial charge is 0.224 e. The number of thiazole rings is 1. The van der Waals surface area contributed by atoms with Crippen LogP contribution < -0.4 is 10.2 Å². The molecule has 0 saturated carbocycles. The maximum Gasteiger partial charge on any atom is 0.224 e. The molecule has 0 spiro atoms. The Balaban J connectivity index is 1.47. The van der Waals surface area contributed by atoms with Crippen LogP contribution in [0, 0.1) is 0 Å². The van der Waals surface area contributed by atoms with Crippen molar-refractivity contribution in [2.45, 2.75) is 25.8 Å². The lowest BCUT2D eigenvalue weighted by atomic mass is 10.2. The van der Waals surface area contributed by atoms with E-state index in [1.807, 2.05) is 22.9 Å². The lowest BCUT2D eigenvalue weighted by molar-refractivity contribution is -0.131. The summed E-state index contributed by atoms with van der Waals surface area (Å²) in [5.74, 6) is 2.52. The number of nitrogens with zero attached hydrogens (tertiary/aromatic N) is 3. The second kappa shape index (κ2) is 7.66. The molecule has 1 unspecified atom stereocenters. The predicted molar refractivity (Wildman–Crippen MR) is 94.0 cm³/mol. The number of piperazine rings is 1. The first kappa shape index (κ1) is 16.1. The predicted octanol–water partition coefficient (Wildman–Crippen LogP) is 1.45. The molecular formula is C15H24N4OS2. The summed E-state index contributed by atoms with van der Waals surface area (Å²) in [5.41, 5.74) is 0. The molecule has 22 heavy (non-hydrogen) atoms. The van der Waals surface area contributed by atoms with Crippen LogP contribution in [0.25, 0.3) is 0 Å². The van der Waals surface area contributed by atoms with E-state index in [4.69, 9.17) is 0 Å². The molecule has 1 aromatic heterocycles. The molecular weight excluding hydrogens is 316 g/mol. The van der Waals surface area contributed by atoms with Crippen molar-refractivity contribution < 1.29 is 4.79 Å². The van der Waals surface area contributed by atoms with Gasteiger partial charge in [-0.25, -0.2) is 4.98 Å². The Hall–Kier alpha value is -0.790. The second-order valence-electron chi connectivity index (χ2n) is 5.76. The van der Waals surface area contributed by atoms with Crippen molar-refractivity contribution in [1.29, 1.82) is 0 Å². The zero-order valence-corrected chi connectivity index (χ0v) is 14.7. The fourth-order valence-electron chi connectivity index (χ4n) is 2.84. The molecule has 3 heterocycles. The highest BCUT2D eigenvalue weighted by atomic mass is 32.2. The van der Waals surface area contributed by atoms with Crippen molar-refractivity contribution in [3.05, 3.63) is 11.1 Å². The molecule has 2 fully saturated rings. The summed E-state index contributed by atoms with van der Waals surface area (Å²) in [7, 11) is 0. The monoisotopic (exact) mass is 340 g/mol. The molecule has 2 saturated heterocycles. The minimum absolute atomic E-state index is 0.299. The van der Waals surface area contributed by atoms with Gasteiger partial charge >= 0.3 is 0 Å². The molecule has 1 aromatic rings. The van der Waals surface area contributed by atoms with Crippen molar-refractivity contribution in [3.63, 3.8) is 0 Å². The third kappa shape index (κ3) is 3.94. The molecule has 3 rings (SSSR count). The number of rotatable bonds is 4. The minimum Gasteiger partial charge on any atom is -0.345 e. The Bertz CT molecular complexity index is 493. The number of anilines is 1. The van der Waals surface area contributed by atoms with E-state index in [1.165, 1.54) is 4.88 Å². The number of aromatic nitrogens is 1. The highest BCUT2D eigenvalue weighted by Crippen LogP contribution is 2.24. The van der Waals surface area contributed by atoms with Gasteiger partial charge in [0.05, 0.1) is 0 Å². The van der Waals surface area contributed by atoms with E-state index < -0.39 is 0 Å². The average Bonchev–Trinajstić information content (AvgIpc) is 3.05. The maximum absolute atomic E-state index is 12.4. The average molecular weight is 341 g/mol. The zero-order chi connectivity index (χ0) is 15.4. The Labute approximate surface area is 140 Å². The van der Waals surface area contributed by atoms with Gasteiger partial charge in [0, 0.05) is 67.8 Å². The molecule has 122 valence electrons. The van der Waals surface area contributed by atoms with E-state index >= 15 is 0 Å². The van der Waals surface area contributed by atoms with E-state index in [2.05, 4.69) is 22.1 Å². The van der Waals surface area contributed by atoms with Crippen molar-refractivity contribution in [2.75, 3.05) is 49.1 Å². The number of nitrogens with one attached hydrogen (secondary N) is 1. The molecule has 7 heteroatoms. The third-order valence-corrected chi connectivity index (χ3v) is 6.55. The number of amides is 1. The van der Waals surface area contributed by atoms with E-state index in [-0.39, 0.29) is 0 Å². The van der Waals surface area contributed by atoms with Gasteiger partial charge in [0.1, 0.15) is 0 Å². The van der Waals surface area contributed by atoms with Gasteiger partial charge < -0.3 is 15.1 Å². The van der Waals surface area contributed by atoms with E-state index in [9.17, 15) is 4.79 Å². The quantitative estimate of drug-likeness (QED) is 0.899. The van der Waals surface area contributed by atoms with Gasteiger partial charge in [0.2, 0.25) is 5.91 Å². The Morgan fingerprint density at radius 3 is 2.86 bits per heavy atom. The minimum atomic E-state index is 0.299. The fraction of sp³-hybridized carbons (Fsp3) is 0.733. The van der Waals surface area contributed by atoms with Crippen molar-refractivity contribution in [2.24, 2.45) is 0 Å². The topological polar surface area (TPSA) is 48.5 Å². The largest absolute Gasteiger partial charge is 0.345 e. The Morgan fingerprint density at radius 2 is 2.23 bits per heavy atom. The first-order valence-electron chi connectivity index (χ1n) is 8.05. The number of hydrogen-bond donors (Lipinski definition) is 1. The van der Waals surface area contributed by atoms with Crippen LogP contribution in [0.5, 0.6) is 0 Å². The summed E-state index contributed by atoms with van der Waals surface area (Å²) >= 11 is 3.72. The van der Waals surface area contributed by atoms with E-state index in [1.54, 1.807) is 11.3 Å². The molecule has 2 aliphatic heterocycles. The van der Waals surface area contributed by atoms with Crippen molar-refractivity contribution >= 4 is 34.1 Å². The number of carbonyl (C=O) groups excluding carboxylic acids is 1. The van der Waals surface area contributed by atoms with Gasteiger partial charge in [-0.15, -0.1) is 11.3 Å². The summed E-state index contributed by atoms with van der Waals surface area (Å²) in [4.78, 5) is 22.6. The van der Waals surface area contributed by atoms with Crippen LogP contribution in [-0.4, -0.2) is 66.1 Å². The standard InChI is InChI=1S/C15H24N4OS2/c1-2-13-10-17-15(22-13)19-6-4-18(5-7-19)14(20)9-12-11-21-8-3-16-12/h10,12,16H,2-9,11H2,1H3. The number of thioether (sulfide) groups is 1. The molecule has 0 bridgehead atoms. The summed E-state index contributed by atoms with van der Waals surface area (Å²) in [6.07, 6.45) is 3.66. The Kier molecular flexibility index (Phi) is 5.60. The SMILES string of the molecule is CCc1cnc(N2CCN(C(=O)CC3CSCCN3)CC2)s1. The normalized spacial score (nSPS) is 22.9. The summed E-state index contributed by atoms with van der Waals surface area (Å²) in [6, 6.07) is 0.357. The van der Waals surface area contributed by atoms with Crippen LogP contribution in [0.15, 0.2) is 6.20 Å². The van der Waals surface area contributed by atoms with Crippen LogP contribution in [0.4, 0.5) is 5.13 Å². The van der Waals surface area contributed by atoms with Crippen LogP contribution in [0.1, 0.15) is 18.2 Å². The molecule has 0 aromatic carbocycles.